The average Bonchev–Trinajstić information content (AvgIpc) is 2.76. The van der Waals surface area contributed by atoms with Crippen LogP contribution in [0.4, 0.5) is 0 Å². The fourth-order valence-corrected chi connectivity index (χ4v) is 4.20. The van der Waals surface area contributed by atoms with Gasteiger partial charge in [-0.15, -0.1) is 0 Å². The van der Waals surface area contributed by atoms with E-state index in [-0.39, 0.29) is 5.91 Å². The molecule has 16 heavy (non-hydrogen) atoms. The highest BCUT2D eigenvalue weighted by molar-refractivity contribution is 5.76. The Morgan fingerprint density at radius 3 is 2.00 bits per heavy atom. The fourth-order valence-electron chi connectivity index (χ4n) is 4.20. The van der Waals surface area contributed by atoms with Crippen molar-refractivity contribution in [3.63, 3.8) is 0 Å². The lowest BCUT2D eigenvalue weighted by atomic mass is 9.61. The minimum atomic E-state index is 0.270. The Morgan fingerprint density at radius 1 is 0.812 bits per heavy atom. The molecule has 0 unspecified atom stereocenters. The zero-order chi connectivity index (χ0) is 11.1. The molecule has 2 aliphatic carbocycles. The molecule has 3 aliphatic rings. The summed E-state index contributed by atoms with van der Waals surface area (Å²) in [5.41, 5.74) is 1.22. The van der Waals surface area contributed by atoms with E-state index in [0.717, 1.165) is 24.8 Å². The Kier molecular flexibility index (Phi) is 2.49. The Morgan fingerprint density at radius 2 is 1.44 bits per heavy atom. The van der Waals surface area contributed by atoms with Gasteiger partial charge in [-0.05, 0) is 55.8 Å². The molecule has 0 aromatic rings. The molecule has 0 aromatic heterocycles. The van der Waals surface area contributed by atoms with Crippen molar-refractivity contribution in [2.45, 2.75) is 64.2 Å². The molecular weight excluding hydrogens is 198 g/mol. The molecule has 1 N–H and O–H groups in total. The first-order chi connectivity index (χ1) is 7.72. The van der Waals surface area contributed by atoms with E-state index < -0.39 is 0 Å². The van der Waals surface area contributed by atoms with Crippen molar-refractivity contribution in [3.8, 4) is 0 Å². The monoisotopic (exact) mass is 221 g/mol. The topological polar surface area (TPSA) is 29.1 Å². The van der Waals surface area contributed by atoms with Gasteiger partial charge in [-0.1, -0.05) is 12.8 Å². The highest BCUT2D eigenvalue weighted by Crippen LogP contribution is 2.55. The summed E-state index contributed by atoms with van der Waals surface area (Å²) in [4.78, 5) is 11.2. The van der Waals surface area contributed by atoms with Crippen LogP contribution in [-0.2, 0) is 4.79 Å². The quantitative estimate of drug-likeness (QED) is 0.669. The number of rotatable bonds is 0. The van der Waals surface area contributed by atoms with Crippen LogP contribution < -0.4 is 5.32 Å². The lowest BCUT2D eigenvalue weighted by molar-refractivity contribution is -0.125. The smallest absolute Gasteiger partial charge is 0.220 e. The SMILES string of the molecule is O=C1CCC2(CCC3(CCCC3)CC2)CN1. The standard InChI is InChI=1S/C14H23NO/c16-12-3-6-14(11-15-12)9-7-13(8-10-14)4-1-2-5-13/h1-11H2,(H,15,16). The van der Waals surface area contributed by atoms with E-state index in [4.69, 9.17) is 0 Å². The number of hydrogen-bond acceptors (Lipinski definition) is 1. The van der Waals surface area contributed by atoms with Gasteiger partial charge in [0.25, 0.3) is 0 Å². The van der Waals surface area contributed by atoms with Crippen molar-refractivity contribution in [1.82, 2.24) is 5.32 Å². The molecule has 0 atom stereocenters. The van der Waals surface area contributed by atoms with Gasteiger partial charge in [0.1, 0.15) is 0 Å². The number of carbonyl (C=O) groups is 1. The molecule has 3 fully saturated rings. The van der Waals surface area contributed by atoms with Gasteiger partial charge in [0.15, 0.2) is 0 Å². The molecule has 1 aliphatic heterocycles. The lowest BCUT2D eigenvalue weighted by Crippen LogP contribution is -2.46. The highest BCUT2D eigenvalue weighted by atomic mass is 16.1. The summed E-state index contributed by atoms with van der Waals surface area (Å²) in [5.74, 6) is 0.270. The van der Waals surface area contributed by atoms with E-state index in [2.05, 4.69) is 5.32 Å². The first kappa shape index (κ1) is 10.6. The lowest BCUT2D eigenvalue weighted by Gasteiger charge is -2.47. The summed E-state index contributed by atoms with van der Waals surface area (Å²) in [6, 6.07) is 0. The van der Waals surface area contributed by atoms with Crippen molar-refractivity contribution in [2.75, 3.05) is 6.54 Å². The highest BCUT2D eigenvalue weighted by Gasteiger charge is 2.44. The molecule has 3 rings (SSSR count). The van der Waals surface area contributed by atoms with Crippen LogP contribution in [0.3, 0.4) is 0 Å². The van der Waals surface area contributed by atoms with E-state index in [1.807, 2.05) is 0 Å². The van der Waals surface area contributed by atoms with Gasteiger partial charge in [0.2, 0.25) is 5.91 Å². The van der Waals surface area contributed by atoms with Crippen molar-refractivity contribution in [3.05, 3.63) is 0 Å². The predicted molar refractivity (Wildman–Crippen MR) is 64.0 cm³/mol. The Hall–Kier alpha value is -0.530. The van der Waals surface area contributed by atoms with Crippen LogP contribution in [0.15, 0.2) is 0 Å². The van der Waals surface area contributed by atoms with Crippen LogP contribution in [-0.4, -0.2) is 12.5 Å². The van der Waals surface area contributed by atoms with Gasteiger partial charge in [-0.3, -0.25) is 4.79 Å². The molecule has 2 heteroatoms. The van der Waals surface area contributed by atoms with Crippen LogP contribution in [0, 0.1) is 10.8 Å². The maximum absolute atomic E-state index is 11.2. The molecule has 1 heterocycles. The third-order valence-electron chi connectivity index (χ3n) is 5.58. The number of piperidine rings is 1. The largest absolute Gasteiger partial charge is 0.356 e. The molecular formula is C14H23NO. The van der Waals surface area contributed by atoms with Crippen molar-refractivity contribution in [2.24, 2.45) is 10.8 Å². The Labute approximate surface area is 98.2 Å². The maximum Gasteiger partial charge on any atom is 0.220 e. The van der Waals surface area contributed by atoms with Gasteiger partial charge < -0.3 is 5.32 Å². The third-order valence-corrected chi connectivity index (χ3v) is 5.58. The molecule has 90 valence electrons. The second-order valence-electron chi connectivity index (χ2n) is 6.48. The summed E-state index contributed by atoms with van der Waals surface area (Å²) in [6.45, 7) is 0.960. The number of hydrogen-bond donors (Lipinski definition) is 1. The zero-order valence-electron chi connectivity index (χ0n) is 10.2. The van der Waals surface area contributed by atoms with Crippen LogP contribution in [0.5, 0.6) is 0 Å². The van der Waals surface area contributed by atoms with Crippen molar-refractivity contribution >= 4 is 5.91 Å². The molecule has 0 bridgehead atoms. The average molecular weight is 221 g/mol. The van der Waals surface area contributed by atoms with Gasteiger partial charge in [-0.25, -0.2) is 0 Å². The summed E-state index contributed by atoms with van der Waals surface area (Å²) < 4.78 is 0. The maximum atomic E-state index is 11.2. The second-order valence-corrected chi connectivity index (χ2v) is 6.48. The van der Waals surface area contributed by atoms with E-state index in [1.54, 1.807) is 0 Å². The molecule has 0 radical (unpaired) electrons. The van der Waals surface area contributed by atoms with Crippen molar-refractivity contribution in [1.29, 1.82) is 0 Å². The molecule has 2 nitrogen and oxygen atoms in total. The fraction of sp³-hybridized carbons (Fsp3) is 0.929. The van der Waals surface area contributed by atoms with E-state index >= 15 is 0 Å². The molecule has 0 aromatic carbocycles. The summed E-state index contributed by atoms with van der Waals surface area (Å²) in [6.07, 6.45) is 13.4. The zero-order valence-corrected chi connectivity index (χ0v) is 10.2. The minimum Gasteiger partial charge on any atom is -0.356 e. The molecule has 1 saturated heterocycles. The normalized spacial score (nSPS) is 31.9. The van der Waals surface area contributed by atoms with Gasteiger partial charge >= 0.3 is 0 Å². The summed E-state index contributed by atoms with van der Waals surface area (Å²) in [7, 11) is 0. The Balaban J connectivity index is 1.63. The van der Waals surface area contributed by atoms with Gasteiger partial charge in [0, 0.05) is 13.0 Å². The minimum absolute atomic E-state index is 0.270. The van der Waals surface area contributed by atoms with Gasteiger partial charge in [0.05, 0.1) is 0 Å². The van der Waals surface area contributed by atoms with E-state index in [1.165, 1.54) is 51.4 Å². The third kappa shape index (κ3) is 1.76. The number of nitrogens with one attached hydrogen (secondary N) is 1. The number of amides is 1. The van der Waals surface area contributed by atoms with Crippen LogP contribution >= 0.6 is 0 Å². The van der Waals surface area contributed by atoms with Crippen LogP contribution in [0.1, 0.15) is 64.2 Å². The number of carbonyl (C=O) groups excluding carboxylic acids is 1. The van der Waals surface area contributed by atoms with Crippen LogP contribution in [0.25, 0.3) is 0 Å². The summed E-state index contributed by atoms with van der Waals surface area (Å²) in [5, 5.41) is 3.08. The molecule has 1 amide bonds. The van der Waals surface area contributed by atoms with Crippen LogP contribution in [0.2, 0.25) is 0 Å². The van der Waals surface area contributed by atoms with E-state index in [9.17, 15) is 4.79 Å². The first-order valence-electron chi connectivity index (χ1n) is 6.99. The predicted octanol–water partition coefficient (Wildman–Crippen LogP) is 3.02. The van der Waals surface area contributed by atoms with Gasteiger partial charge in [-0.2, -0.15) is 0 Å². The Bertz CT molecular complexity index is 269. The second kappa shape index (κ2) is 3.75. The van der Waals surface area contributed by atoms with Crippen molar-refractivity contribution < 1.29 is 4.79 Å². The van der Waals surface area contributed by atoms with E-state index in [0.29, 0.717) is 5.41 Å². The first-order valence-corrected chi connectivity index (χ1v) is 6.99. The summed E-state index contributed by atoms with van der Waals surface area (Å²) >= 11 is 0. The molecule has 2 spiro atoms. The molecule has 2 saturated carbocycles.